The van der Waals surface area contributed by atoms with Gasteiger partial charge in [0.2, 0.25) is 16.0 Å². The maximum absolute atomic E-state index is 14.2. The van der Waals surface area contributed by atoms with Crippen molar-refractivity contribution in [3.05, 3.63) is 54.0 Å². The van der Waals surface area contributed by atoms with Crippen molar-refractivity contribution in [1.82, 2.24) is 24.8 Å². The lowest BCUT2D eigenvalue weighted by molar-refractivity contribution is -0.137. The Morgan fingerprint density at radius 1 is 1.02 bits per heavy atom. The van der Waals surface area contributed by atoms with Gasteiger partial charge in [-0.05, 0) is 57.1 Å². The second-order valence-corrected chi connectivity index (χ2v) is 13.6. The topological polar surface area (TPSA) is 129 Å². The number of aryl methyl sites for hydroxylation is 1. The summed E-state index contributed by atoms with van der Waals surface area (Å²) in [4.78, 5) is 21.2. The molecule has 0 amide bonds. The van der Waals surface area contributed by atoms with Crippen molar-refractivity contribution in [3.63, 3.8) is 0 Å². The fraction of sp³-hybridized carbons (Fsp3) is 0.419. The lowest BCUT2D eigenvalue weighted by Gasteiger charge is -2.37. The first-order valence-electron chi connectivity index (χ1n) is 15.0. The second-order valence-electron chi connectivity index (χ2n) is 11.5. The molecule has 3 heterocycles. The van der Waals surface area contributed by atoms with Crippen LogP contribution in [0.15, 0.2) is 42.9 Å². The number of benzene rings is 2. The van der Waals surface area contributed by atoms with E-state index in [2.05, 4.69) is 54.5 Å². The van der Waals surface area contributed by atoms with Crippen LogP contribution < -0.4 is 24.6 Å². The first-order chi connectivity index (χ1) is 22.2. The Hall–Kier alpha value is -4.44. The van der Waals surface area contributed by atoms with Gasteiger partial charge in [0.15, 0.2) is 0 Å². The van der Waals surface area contributed by atoms with Crippen LogP contribution >= 0.6 is 0 Å². The van der Waals surface area contributed by atoms with Crippen LogP contribution in [0.5, 0.6) is 5.75 Å². The van der Waals surface area contributed by atoms with Crippen molar-refractivity contribution in [2.75, 3.05) is 67.4 Å². The number of alkyl halides is 3. The molecule has 0 bridgehead atoms. The third kappa shape index (κ3) is 7.27. The van der Waals surface area contributed by atoms with Gasteiger partial charge in [-0.15, -0.1) is 0 Å². The molecule has 0 atom stereocenters. The predicted octanol–water partition coefficient (Wildman–Crippen LogP) is 5.42. The maximum Gasteiger partial charge on any atom is 0.421 e. The minimum Gasteiger partial charge on any atom is -0.494 e. The number of nitrogens with zero attached hydrogens (tertiary/aromatic N) is 7. The van der Waals surface area contributed by atoms with Gasteiger partial charge in [0.05, 0.1) is 30.3 Å². The molecule has 16 heteroatoms. The van der Waals surface area contributed by atoms with Crippen LogP contribution in [0.1, 0.15) is 30.9 Å². The van der Waals surface area contributed by atoms with Gasteiger partial charge in [0, 0.05) is 56.5 Å². The quantitative estimate of drug-likeness (QED) is 0.224. The Morgan fingerprint density at radius 3 is 2.34 bits per heavy atom. The molecule has 5 rings (SSSR count). The van der Waals surface area contributed by atoms with E-state index in [9.17, 15) is 21.6 Å². The van der Waals surface area contributed by atoms with Crippen molar-refractivity contribution in [1.29, 1.82) is 0 Å². The number of halogens is 3. The standard InChI is InChI=1S/C31H38F3N9O3S/c1-7-19-16-24(26(46-5)17-25(19)43-14-10-20(11-15-43)41(2)3)39-30-37-18-21(31(32,33)34)29(40-30)38-23-9-8-22-27(36-13-12-35-22)28(23)42(4)47(6,44)45/h8-9,12-13,16-18,20H,7,10-11,14-15H2,1-6H3,(H2,37,38,39,40). The number of hydrogen-bond donors (Lipinski definition) is 2. The van der Waals surface area contributed by atoms with E-state index in [0.29, 0.717) is 35.6 Å². The summed E-state index contributed by atoms with van der Waals surface area (Å²) in [6.45, 7) is 3.82. The highest BCUT2D eigenvalue weighted by molar-refractivity contribution is 7.92. The summed E-state index contributed by atoms with van der Waals surface area (Å²) < 4.78 is 74.4. The summed E-state index contributed by atoms with van der Waals surface area (Å²) >= 11 is 0. The van der Waals surface area contributed by atoms with Gasteiger partial charge in [0.1, 0.15) is 28.3 Å². The van der Waals surface area contributed by atoms with Gasteiger partial charge < -0.3 is 25.2 Å². The zero-order valence-electron chi connectivity index (χ0n) is 27.1. The minimum atomic E-state index is -4.82. The normalized spacial score (nSPS) is 14.5. The number of methoxy groups -OCH3 is 1. The first kappa shape index (κ1) is 33.9. The molecule has 2 N–H and O–H groups in total. The van der Waals surface area contributed by atoms with Crippen LogP contribution in [0, 0.1) is 0 Å². The average molecular weight is 674 g/mol. The van der Waals surface area contributed by atoms with E-state index >= 15 is 0 Å². The molecule has 0 unspecified atom stereocenters. The Balaban J connectivity index is 1.53. The van der Waals surface area contributed by atoms with Gasteiger partial charge in [-0.25, -0.2) is 13.4 Å². The van der Waals surface area contributed by atoms with E-state index < -0.39 is 27.6 Å². The molecule has 1 saturated heterocycles. The molecule has 2 aromatic heterocycles. The fourth-order valence-corrected chi connectivity index (χ4v) is 6.20. The monoisotopic (exact) mass is 673 g/mol. The summed E-state index contributed by atoms with van der Waals surface area (Å²) in [6, 6.07) is 7.31. The molecule has 1 aliphatic heterocycles. The van der Waals surface area contributed by atoms with Gasteiger partial charge in [-0.3, -0.25) is 14.3 Å². The van der Waals surface area contributed by atoms with Gasteiger partial charge in [-0.2, -0.15) is 18.2 Å². The number of fused-ring (bicyclic) bond motifs is 1. The van der Waals surface area contributed by atoms with Crippen LogP contribution in [-0.4, -0.2) is 86.9 Å². The summed E-state index contributed by atoms with van der Waals surface area (Å²) in [5.41, 5.74) is 1.99. The highest BCUT2D eigenvalue weighted by Gasteiger charge is 2.36. The lowest BCUT2D eigenvalue weighted by Crippen LogP contribution is -2.42. The molecular weight excluding hydrogens is 635 g/mol. The van der Waals surface area contributed by atoms with E-state index in [1.54, 1.807) is 0 Å². The van der Waals surface area contributed by atoms with E-state index in [0.717, 1.165) is 47.7 Å². The largest absolute Gasteiger partial charge is 0.494 e. The number of sulfonamides is 1. The van der Waals surface area contributed by atoms with Crippen LogP contribution in [0.2, 0.25) is 0 Å². The Kier molecular flexibility index (Phi) is 9.63. The second kappa shape index (κ2) is 13.4. The van der Waals surface area contributed by atoms with Gasteiger partial charge in [0.25, 0.3) is 0 Å². The van der Waals surface area contributed by atoms with Crippen molar-refractivity contribution >= 4 is 55.6 Å². The number of anilines is 6. The van der Waals surface area contributed by atoms with Crippen LogP contribution in [0.4, 0.5) is 47.7 Å². The molecule has 47 heavy (non-hydrogen) atoms. The summed E-state index contributed by atoms with van der Waals surface area (Å²) in [7, 11) is 3.15. The van der Waals surface area contributed by atoms with Crippen LogP contribution in [-0.2, 0) is 22.6 Å². The zero-order chi connectivity index (χ0) is 34.1. The number of rotatable bonds is 10. The predicted molar refractivity (Wildman–Crippen MR) is 178 cm³/mol. The SMILES string of the molecule is CCc1cc(Nc2ncc(C(F)(F)F)c(Nc3ccc4nccnc4c3N(C)S(C)(=O)=O)n2)c(OC)cc1N1CCC(N(C)C)CC1. The number of nitrogens with one attached hydrogen (secondary N) is 2. The number of aromatic nitrogens is 4. The smallest absolute Gasteiger partial charge is 0.421 e. The average Bonchev–Trinajstić information content (AvgIpc) is 3.03. The first-order valence-corrected chi connectivity index (χ1v) is 16.8. The molecule has 1 fully saturated rings. The molecule has 0 aliphatic carbocycles. The Bertz CT molecular complexity index is 1860. The van der Waals surface area contributed by atoms with Crippen LogP contribution in [0.3, 0.4) is 0 Å². The molecule has 0 spiro atoms. The van der Waals surface area contributed by atoms with Crippen molar-refractivity contribution in [2.45, 2.75) is 38.4 Å². The van der Waals surface area contributed by atoms with E-state index in [4.69, 9.17) is 4.74 Å². The summed E-state index contributed by atoms with van der Waals surface area (Å²) in [5, 5.41) is 5.75. The van der Waals surface area contributed by atoms with Crippen molar-refractivity contribution < 1.29 is 26.3 Å². The van der Waals surface area contributed by atoms with Crippen LogP contribution in [0.25, 0.3) is 11.0 Å². The summed E-state index contributed by atoms with van der Waals surface area (Å²) in [5.74, 6) is -0.231. The van der Waals surface area contributed by atoms with Gasteiger partial charge >= 0.3 is 6.18 Å². The number of hydrogen-bond acceptors (Lipinski definition) is 11. The molecule has 12 nitrogen and oxygen atoms in total. The molecule has 2 aromatic carbocycles. The summed E-state index contributed by atoms with van der Waals surface area (Å²) in [6.07, 6.45) is 2.40. The molecular formula is C31H38F3N9O3S. The van der Waals surface area contributed by atoms with E-state index in [1.165, 1.54) is 38.7 Å². The molecule has 1 aliphatic rings. The highest BCUT2D eigenvalue weighted by atomic mass is 32.2. The molecule has 252 valence electrons. The molecule has 0 radical (unpaired) electrons. The molecule has 4 aromatic rings. The third-order valence-electron chi connectivity index (χ3n) is 8.34. The van der Waals surface area contributed by atoms with Crippen molar-refractivity contribution in [2.24, 2.45) is 0 Å². The highest BCUT2D eigenvalue weighted by Crippen LogP contribution is 2.41. The van der Waals surface area contributed by atoms with Crippen molar-refractivity contribution in [3.8, 4) is 5.75 Å². The number of piperidine rings is 1. The third-order valence-corrected chi connectivity index (χ3v) is 9.51. The Labute approximate surface area is 272 Å². The fourth-order valence-electron chi connectivity index (χ4n) is 5.68. The minimum absolute atomic E-state index is 0.0128. The van der Waals surface area contributed by atoms with E-state index in [-0.39, 0.29) is 22.8 Å². The van der Waals surface area contributed by atoms with Gasteiger partial charge in [-0.1, -0.05) is 6.92 Å². The zero-order valence-corrected chi connectivity index (χ0v) is 27.9. The number of ether oxygens (including phenoxy) is 1. The lowest BCUT2D eigenvalue weighted by atomic mass is 10.0. The van der Waals surface area contributed by atoms with E-state index in [1.807, 2.05) is 19.1 Å². The maximum atomic E-state index is 14.2. The molecule has 0 saturated carbocycles. The Morgan fingerprint density at radius 2 is 1.72 bits per heavy atom.